The van der Waals surface area contributed by atoms with E-state index in [-0.39, 0.29) is 33.7 Å². The maximum atomic E-state index is 14.0. The highest BCUT2D eigenvalue weighted by Gasteiger charge is 2.25. The summed E-state index contributed by atoms with van der Waals surface area (Å²) in [5.74, 6) is -0.543. The van der Waals surface area contributed by atoms with Crippen LogP contribution in [0.15, 0.2) is 53.4 Å². The van der Waals surface area contributed by atoms with Gasteiger partial charge in [-0.3, -0.25) is 0 Å². The van der Waals surface area contributed by atoms with E-state index in [4.69, 9.17) is 11.5 Å². The van der Waals surface area contributed by atoms with Crippen molar-refractivity contribution in [3.8, 4) is 17.3 Å². The van der Waals surface area contributed by atoms with Gasteiger partial charge in [0.2, 0.25) is 5.95 Å². The van der Waals surface area contributed by atoms with Crippen molar-refractivity contribution >= 4 is 44.0 Å². The first-order valence-electron chi connectivity index (χ1n) is 10.1. The van der Waals surface area contributed by atoms with Crippen molar-refractivity contribution in [2.24, 2.45) is 0 Å². The summed E-state index contributed by atoms with van der Waals surface area (Å²) >= 11 is 0. The smallest absolute Gasteiger partial charge is 0.224 e. The molecule has 4 N–H and O–H groups in total. The van der Waals surface area contributed by atoms with Gasteiger partial charge in [-0.05, 0) is 31.2 Å². The molecule has 0 spiro atoms. The Kier molecular flexibility index (Phi) is 5.76. The molecule has 2 aromatic carbocycles. The van der Waals surface area contributed by atoms with E-state index in [1.807, 2.05) is 13.0 Å². The molecule has 2 aromatic heterocycles. The molecule has 0 bridgehead atoms. The molecule has 0 atom stereocenters. The Balaban J connectivity index is 2.12. The Hall–Kier alpha value is -4.30. The third kappa shape index (κ3) is 4.06. The van der Waals surface area contributed by atoms with Crippen LogP contribution in [0.2, 0.25) is 0 Å². The highest BCUT2D eigenvalue weighted by Crippen LogP contribution is 2.39. The largest absolute Gasteiger partial charge is 0.382 e. The number of nitriles is 1. The van der Waals surface area contributed by atoms with Gasteiger partial charge in [-0.15, -0.1) is 0 Å². The molecule has 0 amide bonds. The predicted octanol–water partition coefficient (Wildman–Crippen LogP) is 3.43. The first kappa shape index (κ1) is 22.9. The minimum absolute atomic E-state index is 0.0117. The maximum absolute atomic E-state index is 14.0. The zero-order valence-corrected chi connectivity index (χ0v) is 19.1. The van der Waals surface area contributed by atoms with Crippen LogP contribution >= 0.6 is 0 Å². The number of anilines is 4. The number of fused-ring (bicyclic) bond motifs is 1. The zero-order valence-electron chi connectivity index (χ0n) is 18.3. The van der Waals surface area contributed by atoms with Gasteiger partial charge in [0.05, 0.1) is 21.8 Å². The van der Waals surface area contributed by atoms with Gasteiger partial charge in [0, 0.05) is 29.8 Å². The van der Waals surface area contributed by atoms with Gasteiger partial charge < -0.3 is 16.4 Å². The molecule has 0 aliphatic rings. The molecule has 0 radical (unpaired) electrons. The standard InChI is InChI=1S/C23H20FN7O2S/c1-3-31(22-16(12-25)21(26)29-23(27)30-22)18-10-13-8-9-14(24)11-17(13)28-20(18)15-6-4-5-7-19(15)34(2,32)33/h4-11H,3H2,1-2H3,(H4,26,27,29,30). The van der Waals surface area contributed by atoms with Gasteiger partial charge in [0.25, 0.3) is 0 Å². The van der Waals surface area contributed by atoms with Crippen LogP contribution in [-0.4, -0.2) is 36.2 Å². The lowest BCUT2D eigenvalue weighted by molar-refractivity contribution is 0.602. The molecule has 9 nitrogen and oxygen atoms in total. The quantitative estimate of drug-likeness (QED) is 0.440. The number of halogens is 1. The second kappa shape index (κ2) is 8.57. The number of hydrogen-bond donors (Lipinski definition) is 2. The molecule has 4 rings (SSSR count). The van der Waals surface area contributed by atoms with E-state index in [0.717, 1.165) is 6.26 Å². The average molecular weight is 478 g/mol. The topological polar surface area (TPSA) is 152 Å². The third-order valence-electron chi connectivity index (χ3n) is 5.21. The monoisotopic (exact) mass is 477 g/mol. The lowest BCUT2D eigenvalue weighted by Gasteiger charge is -2.26. The van der Waals surface area contributed by atoms with Crippen LogP contribution in [0, 0.1) is 17.1 Å². The second-order valence-corrected chi connectivity index (χ2v) is 9.47. The molecule has 2 heterocycles. The summed E-state index contributed by atoms with van der Waals surface area (Å²) in [5.41, 5.74) is 13.1. The number of benzene rings is 2. The van der Waals surface area contributed by atoms with Crippen molar-refractivity contribution in [2.75, 3.05) is 29.2 Å². The molecule has 0 fully saturated rings. The highest BCUT2D eigenvalue weighted by molar-refractivity contribution is 7.90. The fourth-order valence-corrected chi connectivity index (χ4v) is 4.63. The number of nitrogens with zero attached hydrogens (tertiary/aromatic N) is 5. The van der Waals surface area contributed by atoms with Crippen molar-refractivity contribution < 1.29 is 12.8 Å². The number of sulfone groups is 1. The molecule has 0 saturated heterocycles. The van der Waals surface area contributed by atoms with Crippen LogP contribution in [0.25, 0.3) is 22.2 Å². The summed E-state index contributed by atoms with van der Waals surface area (Å²) in [6.07, 6.45) is 1.10. The number of aromatic nitrogens is 3. The van der Waals surface area contributed by atoms with Crippen LogP contribution in [0.5, 0.6) is 0 Å². The van der Waals surface area contributed by atoms with Crippen molar-refractivity contribution in [2.45, 2.75) is 11.8 Å². The SMILES string of the molecule is CCN(c1cc2ccc(F)cc2nc1-c1ccccc1S(C)(=O)=O)c1nc(N)nc(N)c1C#N. The molecule has 11 heteroatoms. The van der Waals surface area contributed by atoms with Crippen LogP contribution in [0.4, 0.5) is 27.7 Å². The van der Waals surface area contributed by atoms with Gasteiger partial charge in [-0.25, -0.2) is 17.8 Å². The molecular weight excluding hydrogens is 457 g/mol. The first-order chi connectivity index (χ1) is 16.1. The summed E-state index contributed by atoms with van der Waals surface area (Å²) in [6, 6.07) is 14.3. The van der Waals surface area contributed by atoms with Crippen molar-refractivity contribution in [3.63, 3.8) is 0 Å². The van der Waals surface area contributed by atoms with E-state index >= 15 is 0 Å². The molecule has 0 unspecified atom stereocenters. The Morgan fingerprint density at radius 1 is 1.09 bits per heavy atom. The van der Waals surface area contributed by atoms with E-state index in [1.165, 1.54) is 18.2 Å². The number of nitrogen functional groups attached to an aromatic ring is 2. The molecular formula is C23H20FN7O2S. The number of hydrogen-bond acceptors (Lipinski definition) is 9. The van der Waals surface area contributed by atoms with Crippen molar-refractivity contribution in [3.05, 3.63) is 59.9 Å². The van der Waals surface area contributed by atoms with Crippen LogP contribution < -0.4 is 16.4 Å². The summed E-state index contributed by atoms with van der Waals surface area (Å²) in [6.45, 7) is 2.11. The van der Waals surface area contributed by atoms with E-state index in [1.54, 1.807) is 35.2 Å². The fraction of sp³-hybridized carbons (Fsp3) is 0.130. The molecule has 0 saturated carbocycles. The zero-order chi connectivity index (χ0) is 24.6. The Morgan fingerprint density at radius 2 is 1.82 bits per heavy atom. The number of nitrogens with two attached hydrogens (primary N) is 2. The molecule has 172 valence electrons. The van der Waals surface area contributed by atoms with E-state index < -0.39 is 15.7 Å². The first-order valence-corrected chi connectivity index (χ1v) is 12.0. The number of pyridine rings is 1. The van der Waals surface area contributed by atoms with Gasteiger partial charge in [-0.1, -0.05) is 18.2 Å². The van der Waals surface area contributed by atoms with E-state index in [9.17, 15) is 18.1 Å². The Bertz CT molecular complexity index is 1580. The van der Waals surface area contributed by atoms with E-state index in [0.29, 0.717) is 28.7 Å². The highest BCUT2D eigenvalue weighted by atomic mass is 32.2. The average Bonchev–Trinajstić information content (AvgIpc) is 2.78. The Morgan fingerprint density at radius 3 is 2.50 bits per heavy atom. The second-order valence-electron chi connectivity index (χ2n) is 7.48. The van der Waals surface area contributed by atoms with Gasteiger partial charge in [0.15, 0.2) is 15.7 Å². The minimum atomic E-state index is -3.63. The predicted molar refractivity (Wildman–Crippen MR) is 128 cm³/mol. The normalized spacial score (nSPS) is 11.4. The minimum Gasteiger partial charge on any atom is -0.382 e. The molecule has 0 aliphatic heterocycles. The van der Waals surface area contributed by atoms with Gasteiger partial charge >= 0.3 is 0 Å². The molecule has 34 heavy (non-hydrogen) atoms. The lowest BCUT2D eigenvalue weighted by Crippen LogP contribution is -2.22. The van der Waals surface area contributed by atoms with Crippen LogP contribution in [0.3, 0.4) is 0 Å². The van der Waals surface area contributed by atoms with Gasteiger partial charge in [-0.2, -0.15) is 15.2 Å². The van der Waals surface area contributed by atoms with Gasteiger partial charge in [0.1, 0.15) is 23.3 Å². The van der Waals surface area contributed by atoms with Crippen LogP contribution in [0.1, 0.15) is 12.5 Å². The summed E-state index contributed by atoms with van der Waals surface area (Å²) in [4.78, 5) is 14.4. The number of rotatable bonds is 5. The summed E-state index contributed by atoms with van der Waals surface area (Å²) < 4.78 is 39.1. The van der Waals surface area contributed by atoms with Crippen molar-refractivity contribution in [1.29, 1.82) is 5.26 Å². The van der Waals surface area contributed by atoms with Crippen molar-refractivity contribution in [1.82, 2.24) is 15.0 Å². The van der Waals surface area contributed by atoms with Crippen LogP contribution in [-0.2, 0) is 9.84 Å². The maximum Gasteiger partial charge on any atom is 0.224 e. The van der Waals surface area contributed by atoms with E-state index in [2.05, 4.69) is 15.0 Å². The molecule has 0 aliphatic carbocycles. The summed E-state index contributed by atoms with van der Waals surface area (Å²) in [5, 5.41) is 10.3. The Labute approximate surface area is 195 Å². The fourth-order valence-electron chi connectivity index (χ4n) is 3.74. The summed E-state index contributed by atoms with van der Waals surface area (Å²) in [7, 11) is -3.63. The third-order valence-corrected chi connectivity index (χ3v) is 6.37. The lowest BCUT2D eigenvalue weighted by atomic mass is 10.1. The molecule has 4 aromatic rings.